The topological polar surface area (TPSA) is 50.9 Å². The standard InChI is InChI=1S/C10H16ClN3/c1-7(2)5-13-10-3-8(4-12)9(11)6-14-10/h3,6-7H,4-5,12H2,1-2H3,(H,13,14). The quantitative estimate of drug-likeness (QED) is 0.807. The van der Waals surface area contributed by atoms with Gasteiger partial charge in [-0.2, -0.15) is 0 Å². The molecular weight excluding hydrogens is 198 g/mol. The fraction of sp³-hybridized carbons (Fsp3) is 0.500. The van der Waals surface area contributed by atoms with E-state index >= 15 is 0 Å². The minimum atomic E-state index is 0.442. The first-order valence-electron chi connectivity index (χ1n) is 4.72. The fourth-order valence-corrected chi connectivity index (χ4v) is 1.22. The second-order valence-corrected chi connectivity index (χ2v) is 4.05. The molecule has 0 unspecified atom stereocenters. The number of rotatable bonds is 4. The second-order valence-electron chi connectivity index (χ2n) is 3.64. The van der Waals surface area contributed by atoms with E-state index in [2.05, 4.69) is 24.1 Å². The van der Waals surface area contributed by atoms with Crippen molar-refractivity contribution in [2.75, 3.05) is 11.9 Å². The van der Waals surface area contributed by atoms with Crippen molar-refractivity contribution in [2.24, 2.45) is 11.7 Å². The van der Waals surface area contributed by atoms with E-state index in [0.29, 0.717) is 17.5 Å². The van der Waals surface area contributed by atoms with Gasteiger partial charge in [0, 0.05) is 19.3 Å². The summed E-state index contributed by atoms with van der Waals surface area (Å²) in [5.41, 5.74) is 6.46. The Balaban J connectivity index is 2.69. The molecule has 0 radical (unpaired) electrons. The summed E-state index contributed by atoms with van der Waals surface area (Å²) in [6.45, 7) is 5.63. The largest absolute Gasteiger partial charge is 0.370 e. The summed E-state index contributed by atoms with van der Waals surface area (Å²) in [5.74, 6) is 1.43. The molecule has 0 amide bonds. The highest BCUT2D eigenvalue weighted by Crippen LogP contribution is 2.17. The van der Waals surface area contributed by atoms with Crippen LogP contribution >= 0.6 is 11.6 Å². The van der Waals surface area contributed by atoms with E-state index in [4.69, 9.17) is 17.3 Å². The second kappa shape index (κ2) is 5.17. The molecule has 4 heteroatoms. The molecule has 1 aromatic rings. The molecule has 0 aliphatic carbocycles. The van der Waals surface area contributed by atoms with Crippen LogP contribution in [0.15, 0.2) is 12.3 Å². The van der Waals surface area contributed by atoms with Gasteiger partial charge in [-0.3, -0.25) is 0 Å². The molecule has 1 heterocycles. The fourth-order valence-electron chi connectivity index (χ4n) is 1.04. The van der Waals surface area contributed by atoms with Crippen molar-refractivity contribution in [3.05, 3.63) is 22.8 Å². The van der Waals surface area contributed by atoms with Gasteiger partial charge in [0.15, 0.2) is 0 Å². The van der Waals surface area contributed by atoms with Crippen LogP contribution in [-0.4, -0.2) is 11.5 Å². The molecule has 1 aromatic heterocycles. The van der Waals surface area contributed by atoms with Gasteiger partial charge in [-0.05, 0) is 17.5 Å². The number of nitrogens with one attached hydrogen (secondary N) is 1. The lowest BCUT2D eigenvalue weighted by Crippen LogP contribution is -2.10. The SMILES string of the molecule is CC(C)CNc1cc(CN)c(Cl)cn1. The van der Waals surface area contributed by atoms with Gasteiger partial charge >= 0.3 is 0 Å². The number of nitrogens with two attached hydrogens (primary N) is 1. The van der Waals surface area contributed by atoms with Crippen LogP contribution in [0.2, 0.25) is 5.02 Å². The normalized spacial score (nSPS) is 10.6. The highest BCUT2D eigenvalue weighted by molar-refractivity contribution is 6.31. The summed E-state index contributed by atoms with van der Waals surface area (Å²) in [6.07, 6.45) is 1.63. The molecule has 78 valence electrons. The first-order valence-corrected chi connectivity index (χ1v) is 5.09. The minimum absolute atomic E-state index is 0.442. The van der Waals surface area contributed by atoms with E-state index in [1.165, 1.54) is 0 Å². The van der Waals surface area contributed by atoms with Gasteiger partial charge < -0.3 is 11.1 Å². The Hall–Kier alpha value is -0.800. The Morgan fingerprint density at radius 2 is 2.29 bits per heavy atom. The number of hydrogen-bond acceptors (Lipinski definition) is 3. The Kier molecular flexibility index (Phi) is 4.17. The average Bonchev–Trinajstić information content (AvgIpc) is 2.16. The van der Waals surface area contributed by atoms with Gasteiger partial charge in [0.25, 0.3) is 0 Å². The van der Waals surface area contributed by atoms with E-state index < -0.39 is 0 Å². The van der Waals surface area contributed by atoms with Crippen molar-refractivity contribution in [1.29, 1.82) is 0 Å². The van der Waals surface area contributed by atoms with E-state index in [0.717, 1.165) is 17.9 Å². The summed E-state index contributed by atoms with van der Waals surface area (Å²) >= 11 is 5.89. The Bertz CT molecular complexity index is 299. The van der Waals surface area contributed by atoms with Gasteiger partial charge in [-0.1, -0.05) is 25.4 Å². The smallest absolute Gasteiger partial charge is 0.126 e. The third kappa shape index (κ3) is 3.16. The number of anilines is 1. The average molecular weight is 214 g/mol. The van der Waals surface area contributed by atoms with Gasteiger partial charge in [0.2, 0.25) is 0 Å². The van der Waals surface area contributed by atoms with Crippen molar-refractivity contribution in [3.63, 3.8) is 0 Å². The number of pyridine rings is 1. The lowest BCUT2D eigenvalue weighted by molar-refractivity contribution is 0.687. The summed E-state index contributed by atoms with van der Waals surface area (Å²) in [6, 6.07) is 1.89. The molecular formula is C10H16ClN3. The van der Waals surface area contributed by atoms with Crippen LogP contribution in [0.3, 0.4) is 0 Å². The molecule has 0 spiro atoms. The molecule has 0 aliphatic heterocycles. The molecule has 0 atom stereocenters. The number of nitrogens with zero attached hydrogens (tertiary/aromatic N) is 1. The minimum Gasteiger partial charge on any atom is -0.370 e. The molecule has 0 saturated heterocycles. The molecule has 0 bridgehead atoms. The van der Waals surface area contributed by atoms with Crippen LogP contribution in [0.25, 0.3) is 0 Å². The molecule has 1 rings (SSSR count). The van der Waals surface area contributed by atoms with Gasteiger partial charge in [-0.15, -0.1) is 0 Å². The highest BCUT2D eigenvalue weighted by Gasteiger charge is 2.01. The zero-order valence-electron chi connectivity index (χ0n) is 8.55. The lowest BCUT2D eigenvalue weighted by Gasteiger charge is -2.09. The van der Waals surface area contributed by atoms with Crippen molar-refractivity contribution in [2.45, 2.75) is 20.4 Å². The predicted molar refractivity (Wildman–Crippen MR) is 60.5 cm³/mol. The van der Waals surface area contributed by atoms with E-state index in [-0.39, 0.29) is 0 Å². The third-order valence-corrected chi connectivity index (χ3v) is 2.19. The van der Waals surface area contributed by atoms with E-state index in [1.54, 1.807) is 6.20 Å². The molecule has 14 heavy (non-hydrogen) atoms. The molecule has 3 nitrogen and oxygen atoms in total. The van der Waals surface area contributed by atoms with Gasteiger partial charge in [-0.25, -0.2) is 4.98 Å². The maximum absolute atomic E-state index is 5.89. The van der Waals surface area contributed by atoms with E-state index in [9.17, 15) is 0 Å². The van der Waals surface area contributed by atoms with Crippen molar-refractivity contribution >= 4 is 17.4 Å². The van der Waals surface area contributed by atoms with Crippen molar-refractivity contribution < 1.29 is 0 Å². The predicted octanol–water partition coefficient (Wildman–Crippen LogP) is 2.26. The van der Waals surface area contributed by atoms with Crippen molar-refractivity contribution in [1.82, 2.24) is 4.98 Å². The Morgan fingerprint density at radius 3 is 2.86 bits per heavy atom. The molecule has 0 fully saturated rings. The number of halogens is 1. The van der Waals surface area contributed by atoms with Crippen molar-refractivity contribution in [3.8, 4) is 0 Å². The zero-order chi connectivity index (χ0) is 10.6. The zero-order valence-corrected chi connectivity index (χ0v) is 9.30. The maximum atomic E-state index is 5.89. The Morgan fingerprint density at radius 1 is 1.57 bits per heavy atom. The Labute approximate surface area is 89.7 Å². The number of aromatic nitrogens is 1. The summed E-state index contributed by atoms with van der Waals surface area (Å²) in [4.78, 5) is 4.16. The van der Waals surface area contributed by atoms with Crippen LogP contribution < -0.4 is 11.1 Å². The lowest BCUT2D eigenvalue weighted by atomic mass is 10.2. The third-order valence-electron chi connectivity index (χ3n) is 1.85. The van der Waals surface area contributed by atoms with Crippen LogP contribution in [0.4, 0.5) is 5.82 Å². The van der Waals surface area contributed by atoms with Crippen LogP contribution in [0.1, 0.15) is 19.4 Å². The molecule has 0 saturated carbocycles. The summed E-state index contributed by atoms with van der Waals surface area (Å²) in [5, 5.41) is 3.85. The van der Waals surface area contributed by atoms with E-state index in [1.807, 2.05) is 6.07 Å². The summed E-state index contributed by atoms with van der Waals surface area (Å²) in [7, 11) is 0. The highest BCUT2D eigenvalue weighted by atomic mass is 35.5. The molecule has 0 aromatic carbocycles. The van der Waals surface area contributed by atoms with Gasteiger partial charge in [0.05, 0.1) is 5.02 Å². The maximum Gasteiger partial charge on any atom is 0.126 e. The first-order chi connectivity index (χ1) is 6.63. The van der Waals surface area contributed by atoms with Gasteiger partial charge in [0.1, 0.15) is 5.82 Å². The molecule has 0 aliphatic rings. The molecule has 3 N–H and O–H groups in total. The monoisotopic (exact) mass is 213 g/mol. The number of hydrogen-bond donors (Lipinski definition) is 2. The van der Waals surface area contributed by atoms with Crippen LogP contribution in [0.5, 0.6) is 0 Å². The first kappa shape index (κ1) is 11.3. The summed E-state index contributed by atoms with van der Waals surface area (Å²) < 4.78 is 0. The van der Waals surface area contributed by atoms with Crippen LogP contribution in [0, 0.1) is 5.92 Å². The van der Waals surface area contributed by atoms with Crippen LogP contribution in [-0.2, 0) is 6.54 Å².